The average Bonchev–Trinajstić information content (AvgIpc) is 3.16. The molecule has 0 aromatic carbocycles. The summed E-state index contributed by atoms with van der Waals surface area (Å²) >= 11 is 0. The summed E-state index contributed by atoms with van der Waals surface area (Å²) in [6.45, 7) is 2.94. The molecule has 0 bridgehead atoms. The summed E-state index contributed by atoms with van der Waals surface area (Å²) < 4.78 is 10.9. The molecule has 0 radical (unpaired) electrons. The summed E-state index contributed by atoms with van der Waals surface area (Å²) in [6.07, 6.45) is 5.24. The number of carbonyl (C=O) groups excluding carboxylic acids is 1. The summed E-state index contributed by atoms with van der Waals surface area (Å²) in [6, 6.07) is 1.95. The molecule has 1 saturated heterocycles. The van der Waals surface area contributed by atoms with Crippen LogP contribution in [0.5, 0.6) is 0 Å². The lowest BCUT2D eigenvalue weighted by Crippen LogP contribution is -2.48. The summed E-state index contributed by atoms with van der Waals surface area (Å²) in [5.41, 5.74) is 0.107. The van der Waals surface area contributed by atoms with Gasteiger partial charge in [0.05, 0.1) is 6.54 Å². The molecule has 19 heavy (non-hydrogen) atoms. The minimum Gasteiger partial charge on any atom is -0.365 e. The van der Waals surface area contributed by atoms with E-state index in [0.29, 0.717) is 19.1 Å². The van der Waals surface area contributed by atoms with Crippen molar-refractivity contribution in [3.63, 3.8) is 0 Å². The number of rotatable bonds is 4. The van der Waals surface area contributed by atoms with Crippen molar-refractivity contribution in [1.82, 2.24) is 10.5 Å². The van der Waals surface area contributed by atoms with Crippen LogP contribution in [0.2, 0.25) is 0 Å². The van der Waals surface area contributed by atoms with Gasteiger partial charge in [-0.1, -0.05) is 5.16 Å². The van der Waals surface area contributed by atoms with Gasteiger partial charge >= 0.3 is 0 Å². The Bertz CT molecular complexity index is 459. The Morgan fingerprint density at radius 3 is 3.05 bits per heavy atom. The Morgan fingerprint density at radius 1 is 1.53 bits per heavy atom. The highest BCUT2D eigenvalue weighted by Crippen LogP contribution is 2.40. The van der Waals surface area contributed by atoms with Gasteiger partial charge in [-0.05, 0) is 39.0 Å². The SMILES string of the molecule is C[C@@]1(C(=O)NCc2cc(C3CC3)on2)CCCCO1. The van der Waals surface area contributed by atoms with E-state index >= 15 is 0 Å². The van der Waals surface area contributed by atoms with Crippen LogP contribution in [0.1, 0.15) is 56.4 Å². The molecule has 5 heteroatoms. The molecule has 1 aliphatic carbocycles. The van der Waals surface area contributed by atoms with E-state index in [1.54, 1.807) is 0 Å². The monoisotopic (exact) mass is 264 g/mol. The fourth-order valence-electron chi connectivity index (χ4n) is 2.44. The van der Waals surface area contributed by atoms with E-state index in [1.807, 2.05) is 13.0 Å². The van der Waals surface area contributed by atoms with Gasteiger partial charge in [0.1, 0.15) is 17.1 Å². The number of nitrogens with zero attached hydrogens (tertiary/aromatic N) is 1. The molecule has 2 fully saturated rings. The molecule has 2 aliphatic rings. The van der Waals surface area contributed by atoms with E-state index in [0.717, 1.165) is 30.7 Å². The van der Waals surface area contributed by atoms with Crippen molar-refractivity contribution < 1.29 is 14.1 Å². The summed E-state index contributed by atoms with van der Waals surface area (Å²) in [5, 5.41) is 6.88. The molecular weight excluding hydrogens is 244 g/mol. The topological polar surface area (TPSA) is 64.4 Å². The Morgan fingerprint density at radius 2 is 2.37 bits per heavy atom. The Labute approximate surface area is 112 Å². The molecule has 1 saturated carbocycles. The maximum atomic E-state index is 12.2. The number of aromatic nitrogens is 1. The molecule has 104 valence electrons. The molecule has 2 heterocycles. The van der Waals surface area contributed by atoms with Gasteiger partial charge in [-0.25, -0.2) is 0 Å². The minimum atomic E-state index is -0.679. The third-order valence-electron chi connectivity index (χ3n) is 3.94. The van der Waals surface area contributed by atoms with Crippen LogP contribution < -0.4 is 5.32 Å². The molecule has 1 aromatic heterocycles. The van der Waals surface area contributed by atoms with Crippen LogP contribution in [-0.2, 0) is 16.1 Å². The van der Waals surface area contributed by atoms with Crippen LogP contribution in [0.25, 0.3) is 0 Å². The maximum Gasteiger partial charge on any atom is 0.252 e. The van der Waals surface area contributed by atoms with Crippen molar-refractivity contribution in [1.29, 1.82) is 0 Å². The second-order valence-corrected chi connectivity index (χ2v) is 5.71. The highest BCUT2D eigenvalue weighted by Gasteiger charge is 2.36. The highest BCUT2D eigenvalue weighted by atomic mass is 16.5. The zero-order valence-electron chi connectivity index (χ0n) is 11.3. The summed E-state index contributed by atoms with van der Waals surface area (Å²) in [7, 11) is 0. The van der Waals surface area contributed by atoms with Crippen LogP contribution >= 0.6 is 0 Å². The molecule has 0 spiro atoms. The number of ether oxygens (including phenoxy) is 1. The standard InChI is InChI=1S/C14H20N2O3/c1-14(6-2-3-7-18-14)13(17)15-9-11-8-12(19-16-11)10-4-5-10/h8,10H,2-7,9H2,1H3,(H,15,17)/t14-/m0/s1. The normalized spacial score (nSPS) is 27.2. The highest BCUT2D eigenvalue weighted by molar-refractivity contribution is 5.84. The number of hydrogen-bond acceptors (Lipinski definition) is 4. The van der Waals surface area contributed by atoms with Crippen molar-refractivity contribution in [2.24, 2.45) is 0 Å². The van der Waals surface area contributed by atoms with E-state index in [9.17, 15) is 4.79 Å². The van der Waals surface area contributed by atoms with Crippen LogP contribution in [0.3, 0.4) is 0 Å². The lowest BCUT2D eigenvalue weighted by molar-refractivity contribution is -0.150. The van der Waals surface area contributed by atoms with E-state index in [-0.39, 0.29) is 5.91 Å². The molecule has 0 unspecified atom stereocenters. The van der Waals surface area contributed by atoms with Crippen molar-refractivity contribution in [3.8, 4) is 0 Å². The third kappa shape index (κ3) is 2.81. The van der Waals surface area contributed by atoms with Crippen LogP contribution in [-0.4, -0.2) is 23.3 Å². The van der Waals surface area contributed by atoms with Gasteiger partial charge in [0.25, 0.3) is 5.91 Å². The summed E-state index contributed by atoms with van der Waals surface area (Å²) in [4.78, 5) is 12.2. The second kappa shape index (κ2) is 4.96. The van der Waals surface area contributed by atoms with Crippen LogP contribution in [0.15, 0.2) is 10.6 Å². The van der Waals surface area contributed by atoms with Gasteiger partial charge < -0.3 is 14.6 Å². The molecule has 1 N–H and O–H groups in total. The van der Waals surface area contributed by atoms with Crippen molar-refractivity contribution in [3.05, 3.63) is 17.5 Å². The van der Waals surface area contributed by atoms with E-state index in [1.165, 1.54) is 12.8 Å². The minimum absolute atomic E-state index is 0.0526. The first kappa shape index (κ1) is 12.7. The van der Waals surface area contributed by atoms with Crippen molar-refractivity contribution >= 4 is 5.91 Å². The smallest absolute Gasteiger partial charge is 0.252 e. The predicted octanol–water partition coefficient (Wildman–Crippen LogP) is 2.13. The second-order valence-electron chi connectivity index (χ2n) is 5.71. The lowest BCUT2D eigenvalue weighted by atomic mass is 9.95. The predicted molar refractivity (Wildman–Crippen MR) is 68.5 cm³/mol. The van der Waals surface area contributed by atoms with Gasteiger partial charge in [0.2, 0.25) is 0 Å². The van der Waals surface area contributed by atoms with Crippen LogP contribution in [0, 0.1) is 0 Å². The lowest BCUT2D eigenvalue weighted by Gasteiger charge is -2.32. The molecule has 1 aliphatic heterocycles. The van der Waals surface area contributed by atoms with Crippen molar-refractivity contribution in [2.75, 3.05) is 6.61 Å². The quantitative estimate of drug-likeness (QED) is 0.904. The first-order valence-corrected chi connectivity index (χ1v) is 7.05. The van der Waals surface area contributed by atoms with Crippen molar-refractivity contribution in [2.45, 2.75) is 57.1 Å². The number of amides is 1. The third-order valence-corrected chi connectivity index (χ3v) is 3.94. The first-order valence-electron chi connectivity index (χ1n) is 7.05. The molecule has 5 nitrogen and oxygen atoms in total. The fraction of sp³-hybridized carbons (Fsp3) is 0.714. The van der Waals surface area contributed by atoms with Gasteiger partial charge in [-0.15, -0.1) is 0 Å². The molecule has 3 rings (SSSR count). The van der Waals surface area contributed by atoms with Gasteiger partial charge in [0, 0.05) is 18.6 Å². The molecular formula is C14H20N2O3. The maximum absolute atomic E-state index is 12.2. The number of nitrogens with one attached hydrogen (secondary N) is 1. The zero-order valence-corrected chi connectivity index (χ0v) is 11.3. The van der Waals surface area contributed by atoms with E-state index < -0.39 is 5.60 Å². The summed E-state index contributed by atoms with van der Waals surface area (Å²) in [5.74, 6) is 1.45. The zero-order chi connectivity index (χ0) is 13.3. The fourth-order valence-corrected chi connectivity index (χ4v) is 2.44. The number of hydrogen-bond donors (Lipinski definition) is 1. The van der Waals surface area contributed by atoms with Gasteiger partial charge in [-0.2, -0.15) is 0 Å². The van der Waals surface area contributed by atoms with Crippen LogP contribution in [0.4, 0.5) is 0 Å². The number of carbonyl (C=O) groups is 1. The van der Waals surface area contributed by atoms with Gasteiger partial charge in [0.15, 0.2) is 0 Å². The molecule has 1 atom stereocenters. The van der Waals surface area contributed by atoms with E-state index in [4.69, 9.17) is 9.26 Å². The molecule has 1 amide bonds. The average molecular weight is 264 g/mol. The van der Waals surface area contributed by atoms with Gasteiger partial charge in [-0.3, -0.25) is 4.79 Å². The van der Waals surface area contributed by atoms with E-state index in [2.05, 4.69) is 10.5 Å². The molecule has 1 aromatic rings. The Kier molecular flexibility index (Phi) is 3.31. The largest absolute Gasteiger partial charge is 0.365 e. The first-order chi connectivity index (χ1) is 9.17. The Balaban J connectivity index is 1.54. The Hall–Kier alpha value is -1.36.